The van der Waals surface area contributed by atoms with E-state index in [-0.39, 0.29) is 5.91 Å². The maximum absolute atomic E-state index is 12.7. The maximum Gasteiger partial charge on any atom is 0.222 e. The molecule has 0 atom stereocenters. The number of hydrogen-bond donors (Lipinski definition) is 0. The smallest absolute Gasteiger partial charge is 0.222 e. The SMILES string of the molecule is CCCCCCCCC(=O)N(CCc1ccccc1)Cc1ccco1. The second kappa shape index (κ2) is 11.5. The van der Waals surface area contributed by atoms with Crippen molar-refractivity contribution in [2.75, 3.05) is 6.54 Å². The Morgan fingerprint density at radius 3 is 2.44 bits per heavy atom. The van der Waals surface area contributed by atoms with Crippen LogP contribution in [0.2, 0.25) is 0 Å². The van der Waals surface area contributed by atoms with Gasteiger partial charge in [-0.25, -0.2) is 0 Å². The van der Waals surface area contributed by atoms with Crippen LogP contribution in [0, 0.1) is 0 Å². The number of hydrogen-bond acceptors (Lipinski definition) is 2. The first-order valence-corrected chi connectivity index (χ1v) is 9.63. The number of carbonyl (C=O) groups excluding carboxylic acids is 1. The molecule has 0 spiro atoms. The van der Waals surface area contributed by atoms with Gasteiger partial charge in [-0.3, -0.25) is 4.79 Å². The van der Waals surface area contributed by atoms with Gasteiger partial charge in [0.2, 0.25) is 5.91 Å². The molecule has 2 rings (SSSR count). The zero-order valence-electron chi connectivity index (χ0n) is 15.5. The van der Waals surface area contributed by atoms with E-state index < -0.39 is 0 Å². The number of furan rings is 1. The third-order valence-electron chi connectivity index (χ3n) is 4.54. The van der Waals surface area contributed by atoms with Gasteiger partial charge in [0, 0.05) is 13.0 Å². The summed E-state index contributed by atoms with van der Waals surface area (Å²) in [6.45, 7) is 3.52. The molecule has 0 radical (unpaired) electrons. The predicted molar refractivity (Wildman–Crippen MR) is 102 cm³/mol. The Morgan fingerprint density at radius 1 is 0.960 bits per heavy atom. The van der Waals surface area contributed by atoms with Crippen LogP contribution in [0.5, 0.6) is 0 Å². The monoisotopic (exact) mass is 341 g/mol. The molecule has 3 heteroatoms. The van der Waals surface area contributed by atoms with Gasteiger partial charge in [0.15, 0.2) is 0 Å². The molecule has 0 fully saturated rings. The highest BCUT2D eigenvalue weighted by molar-refractivity contribution is 5.76. The van der Waals surface area contributed by atoms with Crippen LogP contribution in [-0.2, 0) is 17.8 Å². The van der Waals surface area contributed by atoms with Crippen LogP contribution < -0.4 is 0 Å². The topological polar surface area (TPSA) is 33.5 Å². The van der Waals surface area contributed by atoms with E-state index >= 15 is 0 Å². The van der Waals surface area contributed by atoms with Gasteiger partial charge in [-0.1, -0.05) is 69.4 Å². The summed E-state index contributed by atoms with van der Waals surface area (Å²) in [5, 5.41) is 0. The van der Waals surface area contributed by atoms with Crippen molar-refractivity contribution >= 4 is 5.91 Å². The maximum atomic E-state index is 12.7. The van der Waals surface area contributed by atoms with E-state index in [1.165, 1.54) is 31.2 Å². The normalized spacial score (nSPS) is 10.8. The van der Waals surface area contributed by atoms with Gasteiger partial charge in [-0.2, -0.15) is 0 Å². The molecule has 1 heterocycles. The van der Waals surface area contributed by atoms with Crippen molar-refractivity contribution < 1.29 is 9.21 Å². The minimum Gasteiger partial charge on any atom is -0.467 e. The lowest BCUT2D eigenvalue weighted by Crippen LogP contribution is -2.32. The molecule has 0 saturated carbocycles. The molecule has 0 unspecified atom stereocenters. The highest BCUT2D eigenvalue weighted by atomic mass is 16.3. The Bertz CT molecular complexity index is 577. The van der Waals surface area contributed by atoms with Crippen molar-refractivity contribution in [1.82, 2.24) is 4.90 Å². The van der Waals surface area contributed by atoms with Crippen molar-refractivity contribution in [3.05, 3.63) is 60.1 Å². The summed E-state index contributed by atoms with van der Waals surface area (Å²) in [6.07, 6.45) is 10.4. The molecular weight excluding hydrogens is 310 g/mol. The summed E-state index contributed by atoms with van der Waals surface area (Å²) in [5.41, 5.74) is 1.26. The first kappa shape index (κ1) is 19.3. The van der Waals surface area contributed by atoms with Gasteiger partial charge in [-0.05, 0) is 30.5 Å². The Labute approximate surface area is 152 Å². The van der Waals surface area contributed by atoms with Crippen molar-refractivity contribution in [3.63, 3.8) is 0 Å². The number of amides is 1. The average molecular weight is 341 g/mol. The van der Waals surface area contributed by atoms with Gasteiger partial charge in [0.1, 0.15) is 5.76 Å². The summed E-state index contributed by atoms with van der Waals surface area (Å²) in [5.74, 6) is 1.09. The molecular formula is C22H31NO2. The van der Waals surface area contributed by atoms with E-state index in [0.717, 1.165) is 31.6 Å². The van der Waals surface area contributed by atoms with Crippen molar-refractivity contribution in [2.45, 2.75) is 64.8 Å². The molecule has 1 amide bonds. The quantitative estimate of drug-likeness (QED) is 0.471. The van der Waals surface area contributed by atoms with Crippen molar-refractivity contribution in [2.24, 2.45) is 0 Å². The number of unbranched alkanes of at least 4 members (excludes halogenated alkanes) is 5. The summed E-state index contributed by atoms with van der Waals surface area (Å²) in [7, 11) is 0. The highest BCUT2D eigenvalue weighted by Crippen LogP contribution is 2.12. The van der Waals surface area contributed by atoms with E-state index in [1.807, 2.05) is 35.2 Å². The minimum absolute atomic E-state index is 0.239. The fraction of sp³-hybridized carbons (Fsp3) is 0.500. The Balaban J connectivity index is 1.81. The lowest BCUT2D eigenvalue weighted by atomic mass is 10.1. The summed E-state index contributed by atoms with van der Waals surface area (Å²) >= 11 is 0. The van der Waals surface area contributed by atoms with Gasteiger partial charge >= 0.3 is 0 Å². The van der Waals surface area contributed by atoms with Gasteiger partial charge in [0.25, 0.3) is 0 Å². The average Bonchev–Trinajstić information content (AvgIpc) is 3.15. The first-order valence-electron chi connectivity index (χ1n) is 9.63. The molecule has 0 aliphatic heterocycles. The van der Waals surface area contributed by atoms with E-state index in [0.29, 0.717) is 13.0 Å². The Morgan fingerprint density at radius 2 is 1.72 bits per heavy atom. The molecule has 0 aliphatic rings. The summed E-state index contributed by atoms with van der Waals surface area (Å²) in [4.78, 5) is 14.6. The molecule has 0 bridgehead atoms. The fourth-order valence-electron chi connectivity index (χ4n) is 3.01. The molecule has 1 aromatic carbocycles. The minimum atomic E-state index is 0.239. The second-order valence-electron chi connectivity index (χ2n) is 6.65. The lowest BCUT2D eigenvalue weighted by molar-refractivity contribution is -0.132. The second-order valence-corrected chi connectivity index (χ2v) is 6.65. The van der Waals surface area contributed by atoms with Crippen LogP contribution >= 0.6 is 0 Å². The van der Waals surface area contributed by atoms with Crippen LogP contribution in [0.15, 0.2) is 53.1 Å². The van der Waals surface area contributed by atoms with E-state index in [2.05, 4.69) is 19.1 Å². The fourth-order valence-corrected chi connectivity index (χ4v) is 3.01. The van der Waals surface area contributed by atoms with Gasteiger partial charge in [-0.15, -0.1) is 0 Å². The van der Waals surface area contributed by atoms with Gasteiger partial charge in [0.05, 0.1) is 12.8 Å². The summed E-state index contributed by atoms with van der Waals surface area (Å²) < 4.78 is 5.44. The number of benzene rings is 1. The Kier molecular flexibility index (Phi) is 8.89. The van der Waals surface area contributed by atoms with Crippen molar-refractivity contribution in [3.8, 4) is 0 Å². The van der Waals surface area contributed by atoms with E-state index in [4.69, 9.17) is 4.42 Å². The molecule has 0 saturated heterocycles. The van der Waals surface area contributed by atoms with E-state index in [9.17, 15) is 4.79 Å². The number of nitrogens with zero attached hydrogens (tertiary/aromatic N) is 1. The van der Waals surface area contributed by atoms with Crippen LogP contribution in [0.3, 0.4) is 0 Å². The molecule has 0 aliphatic carbocycles. The van der Waals surface area contributed by atoms with Crippen LogP contribution in [-0.4, -0.2) is 17.4 Å². The Hall–Kier alpha value is -2.03. The molecule has 3 nitrogen and oxygen atoms in total. The first-order chi connectivity index (χ1) is 12.3. The third kappa shape index (κ3) is 7.59. The van der Waals surface area contributed by atoms with Crippen LogP contribution in [0.25, 0.3) is 0 Å². The number of rotatable bonds is 12. The van der Waals surface area contributed by atoms with Gasteiger partial charge < -0.3 is 9.32 Å². The molecule has 1 aromatic heterocycles. The van der Waals surface area contributed by atoms with Crippen LogP contribution in [0.4, 0.5) is 0 Å². The molecule has 136 valence electrons. The zero-order chi connectivity index (χ0) is 17.7. The summed E-state index contributed by atoms with van der Waals surface area (Å²) in [6, 6.07) is 14.2. The number of carbonyl (C=O) groups is 1. The lowest BCUT2D eigenvalue weighted by Gasteiger charge is -2.22. The predicted octanol–water partition coefficient (Wildman–Crippen LogP) is 5.60. The molecule has 2 aromatic rings. The standard InChI is InChI=1S/C22H31NO2/c1-2-3-4-5-6-10-15-22(24)23(19-21-14-11-18-25-21)17-16-20-12-8-7-9-13-20/h7-9,11-14,18H,2-6,10,15-17,19H2,1H3. The van der Waals surface area contributed by atoms with E-state index in [1.54, 1.807) is 6.26 Å². The highest BCUT2D eigenvalue weighted by Gasteiger charge is 2.15. The third-order valence-corrected chi connectivity index (χ3v) is 4.54. The van der Waals surface area contributed by atoms with Crippen molar-refractivity contribution in [1.29, 1.82) is 0 Å². The zero-order valence-corrected chi connectivity index (χ0v) is 15.5. The van der Waals surface area contributed by atoms with Crippen LogP contribution in [0.1, 0.15) is 63.2 Å². The molecule has 25 heavy (non-hydrogen) atoms. The largest absolute Gasteiger partial charge is 0.467 e. The molecule has 0 N–H and O–H groups in total.